The summed E-state index contributed by atoms with van der Waals surface area (Å²) >= 11 is 1.44. The van der Waals surface area contributed by atoms with Crippen molar-refractivity contribution in [1.82, 2.24) is 20.1 Å². The Morgan fingerprint density at radius 1 is 1.06 bits per heavy atom. The van der Waals surface area contributed by atoms with Crippen LogP contribution in [0.5, 0.6) is 0 Å². The van der Waals surface area contributed by atoms with Gasteiger partial charge in [0.2, 0.25) is 5.91 Å². The Kier molecular flexibility index (Phi) is 5.82. The molecule has 0 spiro atoms. The Hall–Kier alpha value is -4.04. The zero-order valence-electron chi connectivity index (χ0n) is 17.4. The van der Waals surface area contributed by atoms with Crippen LogP contribution in [0.15, 0.2) is 89.0 Å². The van der Waals surface area contributed by atoms with E-state index in [0.29, 0.717) is 17.1 Å². The quantitative estimate of drug-likeness (QED) is 0.361. The van der Waals surface area contributed by atoms with Gasteiger partial charge in [-0.25, -0.2) is 14.1 Å². The number of nitrogens with zero attached hydrogens (tertiary/aromatic N) is 3. The minimum absolute atomic E-state index is 0.149. The van der Waals surface area contributed by atoms with Gasteiger partial charge in [-0.3, -0.25) is 4.79 Å². The molecule has 5 rings (SSSR count). The van der Waals surface area contributed by atoms with Gasteiger partial charge in [0.15, 0.2) is 10.8 Å². The summed E-state index contributed by atoms with van der Waals surface area (Å²) in [7, 11) is 0. The summed E-state index contributed by atoms with van der Waals surface area (Å²) in [6.45, 7) is 0.285. The molecule has 0 saturated heterocycles. The third-order valence-corrected chi connectivity index (χ3v) is 5.94. The Labute approximate surface area is 193 Å². The Bertz CT molecular complexity index is 1360. The number of hydrogen-bond donors (Lipinski definition) is 1. The molecule has 5 aromatic rings. The number of rotatable bonds is 7. The molecule has 0 bridgehead atoms. The first-order valence-corrected chi connectivity index (χ1v) is 11.2. The molecule has 0 aliphatic heterocycles. The number of benzene rings is 2. The molecular formula is C25H19FN4O2S. The van der Waals surface area contributed by atoms with E-state index in [-0.39, 0.29) is 24.7 Å². The van der Waals surface area contributed by atoms with Crippen LogP contribution in [0.2, 0.25) is 0 Å². The second-order valence-corrected chi connectivity index (χ2v) is 8.22. The second kappa shape index (κ2) is 9.22. The zero-order valence-corrected chi connectivity index (χ0v) is 18.3. The number of para-hydroxylation sites is 1. The van der Waals surface area contributed by atoms with Crippen molar-refractivity contribution in [2.45, 2.75) is 13.0 Å². The van der Waals surface area contributed by atoms with Crippen molar-refractivity contribution in [3.8, 4) is 27.7 Å². The molecule has 1 N–H and O–H groups in total. The molecule has 0 aliphatic rings. The van der Waals surface area contributed by atoms with Gasteiger partial charge in [0.05, 0.1) is 29.8 Å². The lowest BCUT2D eigenvalue weighted by Crippen LogP contribution is -2.24. The highest BCUT2D eigenvalue weighted by molar-refractivity contribution is 7.13. The summed E-state index contributed by atoms with van der Waals surface area (Å²) in [5, 5.41) is 10.2. The van der Waals surface area contributed by atoms with E-state index < -0.39 is 0 Å². The van der Waals surface area contributed by atoms with Gasteiger partial charge in [-0.05, 0) is 48.5 Å². The number of amides is 1. The largest absolute Gasteiger partial charge is 0.462 e. The van der Waals surface area contributed by atoms with Crippen molar-refractivity contribution in [3.63, 3.8) is 0 Å². The van der Waals surface area contributed by atoms with Crippen LogP contribution in [-0.2, 0) is 17.8 Å². The average Bonchev–Trinajstić information content (AvgIpc) is 3.60. The maximum absolute atomic E-state index is 13.4. The summed E-state index contributed by atoms with van der Waals surface area (Å²) < 4.78 is 20.6. The van der Waals surface area contributed by atoms with Crippen molar-refractivity contribution in [2.24, 2.45) is 0 Å². The van der Waals surface area contributed by atoms with E-state index in [2.05, 4.69) is 10.3 Å². The van der Waals surface area contributed by atoms with E-state index in [0.717, 1.165) is 21.8 Å². The number of carbonyl (C=O) groups excluding carboxylic acids is 1. The fourth-order valence-corrected chi connectivity index (χ4v) is 4.21. The van der Waals surface area contributed by atoms with Crippen LogP contribution in [0.3, 0.4) is 0 Å². The molecule has 164 valence electrons. The molecule has 1 amide bonds. The maximum Gasteiger partial charge on any atom is 0.226 e. The molecule has 8 heteroatoms. The highest BCUT2D eigenvalue weighted by Crippen LogP contribution is 2.25. The van der Waals surface area contributed by atoms with Crippen molar-refractivity contribution < 1.29 is 13.6 Å². The zero-order chi connectivity index (χ0) is 22.6. The number of halogens is 1. The Balaban J connectivity index is 1.33. The van der Waals surface area contributed by atoms with Crippen LogP contribution in [0.1, 0.15) is 11.3 Å². The first-order chi connectivity index (χ1) is 16.2. The van der Waals surface area contributed by atoms with Crippen LogP contribution in [0.25, 0.3) is 27.7 Å². The molecule has 6 nitrogen and oxygen atoms in total. The molecule has 3 heterocycles. The number of furan rings is 1. The molecule has 0 unspecified atom stereocenters. The summed E-state index contributed by atoms with van der Waals surface area (Å²) in [6, 6.07) is 19.5. The topological polar surface area (TPSA) is 73.0 Å². The predicted molar refractivity (Wildman–Crippen MR) is 124 cm³/mol. The van der Waals surface area contributed by atoms with Crippen molar-refractivity contribution >= 4 is 17.2 Å². The van der Waals surface area contributed by atoms with E-state index in [1.54, 1.807) is 29.1 Å². The van der Waals surface area contributed by atoms with Gasteiger partial charge in [-0.1, -0.05) is 18.2 Å². The van der Waals surface area contributed by atoms with E-state index >= 15 is 0 Å². The summed E-state index contributed by atoms with van der Waals surface area (Å²) in [4.78, 5) is 17.1. The fraction of sp³-hybridized carbons (Fsp3) is 0.0800. The molecule has 33 heavy (non-hydrogen) atoms. The third-order valence-electron chi connectivity index (χ3n) is 5.03. The van der Waals surface area contributed by atoms with Crippen LogP contribution < -0.4 is 5.32 Å². The van der Waals surface area contributed by atoms with Crippen molar-refractivity contribution in [3.05, 3.63) is 102 Å². The van der Waals surface area contributed by atoms with E-state index in [1.165, 1.54) is 23.5 Å². The lowest BCUT2D eigenvalue weighted by molar-refractivity contribution is -0.120. The first kappa shape index (κ1) is 20.8. The van der Waals surface area contributed by atoms with Gasteiger partial charge in [0, 0.05) is 29.2 Å². The molecule has 0 atom stereocenters. The minimum atomic E-state index is -0.312. The molecular weight excluding hydrogens is 439 g/mol. The van der Waals surface area contributed by atoms with E-state index in [1.807, 2.05) is 48.0 Å². The van der Waals surface area contributed by atoms with Crippen molar-refractivity contribution in [2.75, 3.05) is 0 Å². The summed E-state index contributed by atoms with van der Waals surface area (Å²) in [5.41, 5.74) is 3.87. The highest BCUT2D eigenvalue weighted by atomic mass is 32.1. The molecule has 0 aliphatic carbocycles. The lowest BCUT2D eigenvalue weighted by atomic mass is 10.1. The first-order valence-electron chi connectivity index (χ1n) is 10.3. The standard InChI is InChI=1S/C25H19FN4O2S/c26-19-10-8-17(9-11-19)24-18(15-30(29-24)21-5-2-1-3-6-21)14-27-23(31)13-20-16-33-25(28-20)22-7-4-12-32-22/h1-12,15-16H,13-14H2,(H,27,31). The second-order valence-electron chi connectivity index (χ2n) is 7.36. The van der Waals surface area contributed by atoms with Gasteiger partial charge in [0.1, 0.15) is 5.82 Å². The van der Waals surface area contributed by atoms with Crippen LogP contribution in [-0.4, -0.2) is 20.7 Å². The Morgan fingerprint density at radius 2 is 1.88 bits per heavy atom. The van der Waals surface area contributed by atoms with Gasteiger partial charge in [0.25, 0.3) is 0 Å². The van der Waals surface area contributed by atoms with E-state index in [9.17, 15) is 9.18 Å². The SMILES string of the molecule is O=C(Cc1csc(-c2ccco2)n1)NCc1cn(-c2ccccc2)nc1-c1ccc(F)cc1. The van der Waals surface area contributed by atoms with Gasteiger partial charge in [-0.15, -0.1) is 11.3 Å². The number of thiazole rings is 1. The Morgan fingerprint density at radius 3 is 2.64 bits per heavy atom. The van der Waals surface area contributed by atoms with E-state index in [4.69, 9.17) is 9.52 Å². The number of aromatic nitrogens is 3. The average molecular weight is 459 g/mol. The number of nitrogens with one attached hydrogen (secondary N) is 1. The fourth-order valence-electron chi connectivity index (χ4n) is 3.43. The molecule has 2 aromatic carbocycles. The molecule has 0 radical (unpaired) electrons. The smallest absolute Gasteiger partial charge is 0.226 e. The monoisotopic (exact) mass is 458 g/mol. The number of hydrogen-bond acceptors (Lipinski definition) is 5. The number of carbonyl (C=O) groups is 1. The molecule has 3 aromatic heterocycles. The van der Waals surface area contributed by atoms with Gasteiger partial charge in [-0.2, -0.15) is 5.10 Å². The summed E-state index contributed by atoms with van der Waals surface area (Å²) in [5.74, 6) is 0.223. The van der Waals surface area contributed by atoms with Gasteiger partial charge >= 0.3 is 0 Å². The van der Waals surface area contributed by atoms with Crippen LogP contribution >= 0.6 is 11.3 Å². The minimum Gasteiger partial charge on any atom is -0.462 e. The highest BCUT2D eigenvalue weighted by Gasteiger charge is 2.15. The lowest BCUT2D eigenvalue weighted by Gasteiger charge is -2.05. The van der Waals surface area contributed by atoms with Crippen LogP contribution in [0, 0.1) is 5.82 Å². The third kappa shape index (κ3) is 4.75. The summed E-state index contributed by atoms with van der Waals surface area (Å²) in [6.07, 6.45) is 3.64. The molecule has 0 fully saturated rings. The van der Waals surface area contributed by atoms with Crippen LogP contribution in [0.4, 0.5) is 4.39 Å². The van der Waals surface area contributed by atoms with Gasteiger partial charge < -0.3 is 9.73 Å². The predicted octanol–water partition coefficient (Wildman–Crippen LogP) is 5.25. The van der Waals surface area contributed by atoms with Crippen molar-refractivity contribution in [1.29, 1.82) is 0 Å². The normalized spacial score (nSPS) is 10.9. The maximum atomic E-state index is 13.4. The molecule has 0 saturated carbocycles.